The third kappa shape index (κ3) is 5.66. The first-order valence-electron chi connectivity index (χ1n) is 9.99. The molecule has 2 aliphatic rings. The highest BCUT2D eigenvalue weighted by Gasteiger charge is 2.29. The first-order valence-corrected chi connectivity index (χ1v) is 10.4. The summed E-state index contributed by atoms with van der Waals surface area (Å²) in [7, 11) is 1.74. The molecule has 1 unspecified atom stereocenters. The molecule has 2 heterocycles. The molecule has 0 aliphatic carbocycles. The normalized spacial score (nSPS) is 19.0. The van der Waals surface area contributed by atoms with E-state index in [9.17, 15) is 9.59 Å². The summed E-state index contributed by atoms with van der Waals surface area (Å²) in [6.07, 6.45) is 3.42. The Hall–Kier alpha value is -2.21. The largest absolute Gasteiger partial charge is 0.488 e. The molecule has 6 nitrogen and oxygen atoms in total. The van der Waals surface area contributed by atoms with Gasteiger partial charge in [-0.2, -0.15) is 0 Å². The quantitative estimate of drug-likeness (QED) is 0.734. The fourth-order valence-electron chi connectivity index (χ4n) is 3.68. The van der Waals surface area contributed by atoms with E-state index in [0.717, 1.165) is 24.2 Å². The van der Waals surface area contributed by atoms with Crippen molar-refractivity contribution in [2.75, 3.05) is 33.3 Å². The molecule has 3 rings (SSSR count). The van der Waals surface area contributed by atoms with Gasteiger partial charge in [0.05, 0.1) is 5.57 Å². The van der Waals surface area contributed by atoms with Gasteiger partial charge in [-0.15, -0.1) is 0 Å². The van der Waals surface area contributed by atoms with E-state index >= 15 is 0 Å². The van der Waals surface area contributed by atoms with Crippen LogP contribution in [0.3, 0.4) is 0 Å². The molecule has 1 fully saturated rings. The second-order valence-electron chi connectivity index (χ2n) is 8.76. The lowest BCUT2D eigenvalue weighted by Crippen LogP contribution is -2.45. The first-order chi connectivity index (χ1) is 13.6. The van der Waals surface area contributed by atoms with Crippen LogP contribution in [0.15, 0.2) is 23.8 Å². The Balaban J connectivity index is 1.62. The van der Waals surface area contributed by atoms with Crippen LogP contribution in [0.5, 0.6) is 5.75 Å². The molecule has 0 aromatic heterocycles. The number of fused-ring (bicyclic) bond motifs is 1. The summed E-state index contributed by atoms with van der Waals surface area (Å²) in [6, 6.07) is 5.40. The highest BCUT2D eigenvalue weighted by Crippen LogP contribution is 2.30. The zero-order valence-corrected chi connectivity index (χ0v) is 18.3. The van der Waals surface area contributed by atoms with Gasteiger partial charge in [0.15, 0.2) is 0 Å². The molecule has 2 aliphatic heterocycles. The predicted octanol–water partition coefficient (Wildman–Crippen LogP) is 4.22. The lowest BCUT2D eigenvalue weighted by molar-refractivity contribution is -0.129. The minimum absolute atomic E-state index is 0.0137. The van der Waals surface area contributed by atoms with Gasteiger partial charge in [-0.05, 0) is 63.8 Å². The summed E-state index contributed by atoms with van der Waals surface area (Å²) in [5.41, 5.74) is 0.929. The van der Waals surface area contributed by atoms with Crippen LogP contribution in [-0.2, 0) is 9.53 Å². The van der Waals surface area contributed by atoms with E-state index in [4.69, 9.17) is 21.1 Å². The third-order valence-electron chi connectivity index (χ3n) is 5.00. The molecule has 1 aromatic rings. The predicted molar refractivity (Wildman–Crippen MR) is 113 cm³/mol. The molecule has 158 valence electrons. The van der Waals surface area contributed by atoms with Crippen LogP contribution in [0.4, 0.5) is 4.79 Å². The van der Waals surface area contributed by atoms with Crippen LogP contribution >= 0.6 is 11.6 Å². The number of hydrogen-bond acceptors (Lipinski definition) is 4. The lowest BCUT2D eigenvalue weighted by Gasteiger charge is -2.35. The number of hydrogen-bond donors (Lipinski definition) is 0. The maximum Gasteiger partial charge on any atom is 0.410 e. The maximum atomic E-state index is 13.0. The van der Waals surface area contributed by atoms with Gasteiger partial charge in [-0.3, -0.25) is 4.79 Å². The SMILES string of the molecule is CN(CC1CCCN(C(=O)C2=Cc3cc(Cl)ccc3OC2)C1)C(=O)OC(C)(C)C. The lowest BCUT2D eigenvalue weighted by atomic mass is 9.96. The molecule has 0 spiro atoms. The van der Waals surface area contributed by atoms with Gasteiger partial charge in [-0.1, -0.05) is 11.6 Å². The number of carbonyl (C=O) groups is 2. The molecule has 1 atom stereocenters. The van der Waals surface area contributed by atoms with Crippen LogP contribution in [0.2, 0.25) is 5.02 Å². The van der Waals surface area contributed by atoms with Crippen molar-refractivity contribution in [3.05, 3.63) is 34.4 Å². The Morgan fingerprint density at radius 1 is 1.34 bits per heavy atom. The van der Waals surface area contributed by atoms with Crippen molar-refractivity contribution >= 4 is 29.7 Å². The fraction of sp³-hybridized carbons (Fsp3) is 0.545. The Morgan fingerprint density at radius 3 is 2.83 bits per heavy atom. The van der Waals surface area contributed by atoms with Crippen molar-refractivity contribution in [2.45, 2.75) is 39.2 Å². The Morgan fingerprint density at radius 2 is 2.10 bits per heavy atom. The highest BCUT2D eigenvalue weighted by atomic mass is 35.5. The number of carbonyl (C=O) groups excluding carboxylic acids is 2. The molecule has 1 aromatic carbocycles. The topological polar surface area (TPSA) is 59.1 Å². The molecule has 0 bridgehead atoms. The molecule has 0 N–H and O–H groups in total. The van der Waals surface area contributed by atoms with Crippen molar-refractivity contribution < 1.29 is 19.1 Å². The van der Waals surface area contributed by atoms with Gasteiger partial charge in [0.2, 0.25) is 0 Å². The third-order valence-corrected chi connectivity index (χ3v) is 5.24. The molecule has 0 saturated carbocycles. The van der Waals surface area contributed by atoms with Crippen LogP contribution < -0.4 is 4.74 Å². The average molecular weight is 421 g/mol. The molecule has 1 saturated heterocycles. The van der Waals surface area contributed by atoms with Crippen molar-refractivity contribution in [3.63, 3.8) is 0 Å². The van der Waals surface area contributed by atoms with E-state index in [-0.39, 0.29) is 24.5 Å². The molecule has 2 amide bonds. The van der Waals surface area contributed by atoms with Crippen LogP contribution in [0, 0.1) is 5.92 Å². The number of piperidine rings is 1. The number of ether oxygens (including phenoxy) is 2. The van der Waals surface area contributed by atoms with Crippen molar-refractivity contribution in [1.82, 2.24) is 9.80 Å². The molecule has 29 heavy (non-hydrogen) atoms. The number of amides is 2. The molecular weight excluding hydrogens is 392 g/mol. The van der Waals surface area contributed by atoms with E-state index in [0.29, 0.717) is 30.2 Å². The summed E-state index contributed by atoms with van der Waals surface area (Å²) in [6.45, 7) is 7.71. The second kappa shape index (κ2) is 8.66. The van der Waals surface area contributed by atoms with E-state index in [2.05, 4.69) is 0 Å². The number of rotatable bonds is 3. The summed E-state index contributed by atoms with van der Waals surface area (Å²) >= 11 is 6.06. The van der Waals surface area contributed by atoms with E-state index in [1.54, 1.807) is 24.1 Å². The average Bonchev–Trinajstić information content (AvgIpc) is 2.65. The zero-order chi connectivity index (χ0) is 21.2. The van der Waals surface area contributed by atoms with E-state index in [1.165, 1.54) is 0 Å². The standard InChI is InChI=1S/C22H29ClN2O4/c1-22(2,3)29-21(27)24(4)12-15-6-5-9-25(13-15)20(26)17-10-16-11-18(23)7-8-19(16)28-14-17/h7-8,10-11,15H,5-6,9,12-14H2,1-4H3. The smallest absolute Gasteiger partial charge is 0.410 e. The van der Waals surface area contributed by atoms with Crippen molar-refractivity contribution in [3.8, 4) is 5.75 Å². The number of halogens is 1. The van der Waals surface area contributed by atoms with E-state index in [1.807, 2.05) is 37.8 Å². The Kier molecular flexibility index (Phi) is 6.42. The van der Waals surface area contributed by atoms with Gasteiger partial charge in [-0.25, -0.2) is 4.79 Å². The monoisotopic (exact) mass is 420 g/mol. The Bertz CT molecular complexity index is 816. The second-order valence-corrected chi connectivity index (χ2v) is 9.20. The van der Waals surface area contributed by atoms with Gasteiger partial charge in [0.25, 0.3) is 5.91 Å². The Labute approximate surface area is 177 Å². The van der Waals surface area contributed by atoms with Gasteiger partial charge in [0.1, 0.15) is 18.0 Å². The summed E-state index contributed by atoms with van der Waals surface area (Å²) in [5.74, 6) is 0.943. The molecule has 0 radical (unpaired) electrons. The summed E-state index contributed by atoms with van der Waals surface area (Å²) in [4.78, 5) is 28.7. The molecular formula is C22H29ClN2O4. The summed E-state index contributed by atoms with van der Waals surface area (Å²) in [5, 5.41) is 0.612. The van der Waals surface area contributed by atoms with Crippen LogP contribution in [-0.4, -0.2) is 60.7 Å². The van der Waals surface area contributed by atoms with Crippen LogP contribution in [0.25, 0.3) is 6.08 Å². The van der Waals surface area contributed by atoms with E-state index < -0.39 is 5.60 Å². The molecule has 7 heteroatoms. The first kappa shape index (κ1) is 21.5. The van der Waals surface area contributed by atoms with Crippen molar-refractivity contribution in [1.29, 1.82) is 0 Å². The fourth-order valence-corrected chi connectivity index (χ4v) is 3.86. The maximum absolute atomic E-state index is 13.0. The number of nitrogens with zero attached hydrogens (tertiary/aromatic N) is 2. The number of benzene rings is 1. The van der Waals surface area contributed by atoms with Crippen molar-refractivity contribution in [2.24, 2.45) is 5.92 Å². The minimum Gasteiger partial charge on any atom is -0.488 e. The minimum atomic E-state index is -0.521. The highest BCUT2D eigenvalue weighted by molar-refractivity contribution is 6.30. The number of likely N-dealkylation sites (tertiary alicyclic amines) is 1. The van der Waals surface area contributed by atoms with Gasteiger partial charge < -0.3 is 19.3 Å². The van der Waals surface area contributed by atoms with Crippen LogP contribution in [0.1, 0.15) is 39.2 Å². The van der Waals surface area contributed by atoms with Gasteiger partial charge in [0, 0.05) is 37.3 Å². The zero-order valence-electron chi connectivity index (χ0n) is 17.5. The van der Waals surface area contributed by atoms with Gasteiger partial charge >= 0.3 is 6.09 Å². The summed E-state index contributed by atoms with van der Waals surface area (Å²) < 4.78 is 11.2.